The number of aromatic nitrogens is 5. The summed E-state index contributed by atoms with van der Waals surface area (Å²) < 4.78 is 1.91. The minimum Gasteiger partial charge on any atom is -0.322 e. The highest BCUT2D eigenvalue weighted by Gasteiger charge is 2.34. The predicted molar refractivity (Wildman–Crippen MR) is 119 cm³/mol. The molecule has 7 heteroatoms. The van der Waals surface area contributed by atoms with Crippen LogP contribution in [0.3, 0.4) is 0 Å². The fourth-order valence-corrected chi connectivity index (χ4v) is 4.32. The predicted octanol–water partition coefficient (Wildman–Crippen LogP) is 3.85. The van der Waals surface area contributed by atoms with Crippen LogP contribution in [0.15, 0.2) is 23.0 Å². The number of aromatic amines is 1. The number of tetrazole rings is 1. The molecule has 4 rings (SSSR count). The second kappa shape index (κ2) is 7.95. The summed E-state index contributed by atoms with van der Waals surface area (Å²) in [6.07, 6.45) is 4.36. The maximum absolute atomic E-state index is 13.3. The topological polar surface area (TPSA) is 79.7 Å². The van der Waals surface area contributed by atoms with Gasteiger partial charge in [0.1, 0.15) is 6.04 Å². The van der Waals surface area contributed by atoms with Gasteiger partial charge < -0.3 is 4.98 Å². The molecule has 1 aliphatic heterocycles. The minimum atomic E-state index is -0.263. The molecule has 1 aliphatic rings. The Morgan fingerprint density at radius 1 is 1.10 bits per heavy atom. The number of H-pyrrole nitrogens is 1. The van der Waals surface area contributed by atoms with Gasteiger partial charge in [0.25, 0.3) is 5.56 Å². The van der Waals surface area contributed by atoms with Crippen LogP contribution in [-0.2, 0) is 5.54 Å². The van der Waals surface area contributed by atoms with Gasteiger partial charge in [-0.05, 0) is 105 Å². The SMILES string of the molecule is CCC(C)(C)n1nnnc1[C@@H](c1cc2cc(C)c(C)cc2[nH]c1=O)N1CCCCC1. The van der Waals surface area contributed by atoms with Gasteiger partial charge in [0, 0.05) is 11.1 Å². The van der Waals surface area contributed by atoms with Crippen LogP contribution in [0.5, 0.6) is 0 Å². The van der Waals surface area contributed by atoms with Crippen LogP contribution in [0.4, 0.5) is 0 Å². The fraction of sp³-hybridized carbons (Fsp3) is 0.565. The summed E-state index contributed by atoms with van der Waals surface area (Å²) >= 11 is 0. The minimum absolute atomic E-state index is 0.0646. The van der Waals surface area contributed by atoms with E-state index in [1.165, 1.54) is 17.5 Å². The monoisotopic (exact) mass is 408 g/mol. The molecule has 30 heavy (non-hydrogen) atoms. The average Bonchev–Trinajstić information content (AvgIpc) is 3.21. The van der Waals surface area contributed by atoms with Crippen LogP contribution in [0.1, 0.15) is 75.0 Å². The number of likely N-dealkylation sites (tertiary alicyclic amines) is 1. The van der Waals surface area contributed by atoms with Crippen LogP contribution >= 0.6 is 0 Å². The molecule has 0 saturated carbocycles. The Bertz CT molecular complexity index is 1110. The molecule has 2 aromatic heterocycles. The van der Waals surface area contributed by atoms with Crippen LogP contribution < -0.4 is 5.56 Å². The number of hydrogen-bond acceptors (Lipinski definition) is 5. The number of pyridine rings is 1. The number of rotatable bonds is 5. The Morgan fingerprint density at radius 3 is 2.50 bits per heavy atom. The van der Waals surface area contributed by atoms with Gasteiger partial charge in [0.2, 0.25) is 0 Å². The molecule has 3 aromatic rings. The van der Waals surface area contributed by atoms with Crippen molar-refractivity contribution >= 4 is 10.9 Å². The van der Waals surface area contributed by atoms with Gasteiger partial charge in [-0.15, -0.1) is 5.10 Å². The number of hydrogen-bond donors (Lipinski definition) is 1. The first kappa shape index (κ1) is 20.7. The molecule has 160 valence electrons. The van der Waals surface area contributed by atoms with Crippen molar-refractivity contribution in [2.24, 2.45) is 0 Å². The molecule has 0 unspecified atom stereocenters. The zero-order valence-corrected chi connectivity index (χ0v) is 18.7. The molecule has 1 N–H and O–H groups in total. The molecule has 0 bridgehead atoms. The quantitative estimate of drug-likeness (QED) is 0.694. The van der Waals surface area contributed by atoms with E-state index in [0.717, 1.165) is 54.6 Å². The van der Waals surface area contributed by atoms with Gasteiger partial charge in [0.15, 0.2) is 5.82 Å². The van der Waals surface area contributed by atoms with Gasteiger partial charge in [0.05, 0.1) is 5.54 Å². The van der Waals surface area contributed by atoms with Crippen LogP contribution in [-0.4, -0.2) is 43.2 Å². The second-order valence-electron chi connectivity index (χ2n) is 9.19. The first-order valence-corrected chi connectivity index (χ1v) is 11.0. The summed E-state index contributed by atoms with van der Waals surface area (Å²) in [5, 5.41) is 13.8. The summed E-state index contributed by atoms with van der Waals surface area (Å²) in [4.78, 5) is 18.8. The third-order valence-corrected chi connectivity index (χ3v) is 6.71. The molecule has 1 atom stereocenters. The number of piperidine rings is 1. The molecule has 0 radical (unpaired) electrons. The van der Waals surface area contributed by atoms with Crippen molar-refractivity contribution in [3.8, 4) is 0 Å². The standard InChI is InChI=1S/C23H32N6O/c1-6-23(4,5)29-21(25-26-27-29)20(28-10-8-7-9-11-28)18-14-17-12-15(2)16(3)13-19(17)24-22(18)30/h12-14,20H,6-11H2,1-5H3,(H,24,30)/t20-/m1/s1. The zero-order valence-electron chi connectivity index (χ0n) is 18.7. The molecule has 3 heterocycles. The summed E-state index contributed by atoms with van der Waals surface area (Å²) in [6, 6.07) is 5.98. The molecule has 0 amide bonds. The Kier molecular flexibility index (Phi) is 5.49. The Morgan fingerprint density at radius 2 is 1.80 bits per heavy atom. The van der Waals surface area contributed by atoms with Gasteiger partial charge in [-0.25, -0.2) is 4.68 Å². The Balaban J connectivity index is 1.92. The largest absolute Gasteiger partial charge is 0.322 e. The number of fused-ring (bicyclic) bond motifs is 1. The van der Waals surface area contributed by atoms with Gasteiger partial charge >= 0.3 is 0 Å². The van der Waals surface area contributed by atoms with E-state index in [0.29, 0.717) is 0 Å². The van der Waals surface area contributed by atoms with E-state index >= 15 is 0 Å². The van der Waals surface area contributed by atoms with E-state index in [4.69, 9.17) is 0 Å². The Hall–Kier alpha value is -2.54. The molecular formula is C23H32N6O. The van der Waals surface area contributed by atoms with Crippen LogP contribution in [0.25, 0.3) is 10.9 Å². The van der Waals surface area contributed by atoms with E-state index in [1.807, 2.05) is 10.7 Å². The van der Waals surface area contributed by atoms with Gasteiger partial charge in [-0.3, -0.25) is 9.69 Å². The van der Waals surface area contributed by atoms with Crippen molar-refractivity contribution < 1.29 is 0 Å². The van der Waals surface area contributed by atoms with E-state index < -0.39 is 0 Å². The highest BCUT2D eigenvalue weighted by atomic mass is 16.1. The molecule has 0 spiro atoms. The first-order chi connectivity index (χ1) is 14.3. The molecule has 0 aliphatic carbocycles. The average molecular weight is 409 g/mol. The first-order valence-electron chi connectivity index (χ1n) is 11.0. The number of benzene rings is 1. The fourth-order valence-electron chi connectivity index (χ4n) is 4.32. The van der Waals surface area contributed by atoms with Crippen molar-refractivity contribution in [1.29, 1.82) is 0 Å². The lowest BCUT2D eigenvalue weighted by atomic mass is 9.97. The molecule has 1 aromatic carbocycles. The van der Waals surface area contributed by atoms with E-state index in [9.17, 15) is 4.79 Å². The lowest BCUT2D eigenvalue weighted by Gasteiger charge is -2.35. The number of nitrogens with zero attached hydrogens (tertiary/aromatic N) is 5. The summed E-state index contributed by atoms with van der Waals surface area (Å²) in [7, 11) is 0. The summed E-state index contributed by atoms with van der Waals surface area (Å²) in [5.41, 5.74) is 3.68. The molecular weight excluding hydrogens is 376 g/mol. The van der Waals surface area contributed by atoms with Crippen LogP contribution in [0, 0.1) is 13.8 Å². The molecule has 1 saturated heterocycles. The van der Waals surface area contributed by atoms with Crippen molar-refractivity contribution in [1.82, 2.24) is 30.1 Å². The van der Waals surface area contributed by atoms with Gasteiger partial charge in [-0.2, -0.15) is 0 Å². The maximum Gasteiger partial charge on any atom is 0.253 e. The maximum atomic E-state index is 13.3. The van der Waals surface area contributed by atoms with Crippen molar-refractivity contribution in [2.75, 3.05) is 13.1 Å². The van der Waals surface area contributed by atoms with Crippen molar-refractivity contribution in [3.63, 3.8) is 0 Å². The highest BCUT2D eigenvalue weighted by molar-refractivity contribution is 5.81. The van der Waals surface area contributed by atoms with Crippen molar-refractivity contribution in [2.45, 2.75) is 71.9 Å². The summed E-state index contributed by atoms with van der Waals surface area (Å²) in [5.74, 6) is 0.748. The normalized spacial score (nSPS) is 16.8. The van der Waals surface area contributed by atoms with Gasteiger partial charge in [-0.1, -0.05) is 13.3 Å². The smallest absolute Gasteiger partial charge is 0.253 e. The van der Waals surface area contributed by atoms with E-state index in [2.05, 4.69) is 72.2 Å². The second-order valence-corrected chi connectivity index (χ2v) is 9.19. The highest BCUT2D eigenvalue weighted by Crippen LogP contribution is 2.32. The Labute approximate surface area is 177 Å². The van der Waals surface area contributed by atoms with E-state index in [-0.39, 0.29) is 17.1 Å². The molecule has 1 fully saturated rings. The van der Waals surface area contributed by atoms with Crippen molar-refractivity contribution in [3.05, 3.63) is 51.1 Å². The lowest BCUT2D eigenvalue weighted by Crippen LogP contribution is -2.40. The van der Waals surface area contributed by atoms with Crippen LogP contribution in [0.2, 0.25) is 0 Å². The number of aryl methyl sites for hydroxylation is 2. The lowest BCUT2D eigenvalue weighted by molar-refractivity contribution is 0.167. The number of nitrogens with one attached hydrogen (secondary N) is 1. The summed E-state index contributed by atoms with van der Waals surface area (Å²) in [6.45, 7) is 12.5. The van der Waals surface area contributed by atoms with E-state index in [1.54, 1.807) is 0 Å². The zero-order chi connectivity index (χ0) is 21.5. The third kappa shape index (κ3) is 3.67. The third-order valence-electron chi connectivity index (χ3n) is 6.71. The molecule has 7 nitrogen and oxygen atoms in total.